The van der Waals surface area contributed by atoms with E-state index in [1.807, 2.05) is 24.3 Å². The molecule has 0 aliphatic carbocycles. The van der Waals surface area contributed by atoms with Crippen LogP contribution in [0.2, 0.25) is 0 Å². The van der Waals surface area contributed by atoms with Crippen molar-refractivity contribution >= 4 is 29.9 Å². The Morgan fingerprint density at radius 2 is 2.19 bits per heavy atom. The van der Waals surface area contributed by atoms with Gasteiger partial charge in [0.1, 0.15) is 11.8 Å². The quantitative estimate of drug-likeness (QED) is 0.722. The molecule has 1 unspecified atom stereocenters. The van der Waals surface area contributed by atoms with Crippen LogP contribution in [0.1, 0.15) is 28.2 Å². The Morgan fingerprint density at radius 3 is 3.00 bits per heavy atom. The number of hydrogen-bond acceptors (Lipinski definition) is 5. The van der Waals surface area contributed by atoms with Crippen LogP contribution >= 0.6 is 12.4 Å². The van der Waals surface area contributed by atoms with E-state index in [1.165, 1.54) is 0 Å². The molecule has 0 radical (unpaired) electrons. The number of H-pyrrole nitrogens is 1. The average Bonchev–Trinajstić information content (AvgIpc) is 3.26. The standard InChI is InChI=1S/C18H21N5O3.ClH/c1-26-15-5-3-2-4-14(15)23-9-7-13(18(23)25)20-17(24)16-11-10-19-8-6-12(11)21-22-16;/h2-5,13,19H,6-10H2,1H3,(H,20,24)(H,21,22);1H. The van der Waals surface area contributed by atoms with Crippen molar-refractivity contribution in [3.05, 3.63) is 41.2 Å². The van der Waals surface area contributed by atoms with E-state index in [1.54, 1.807) is 12.0 Å². The molecule has 1 saturated heterocycles. The fourth-order valence-electron chi connectivity index (χ4n) is 3.55. The highest BCUT2D eigenvalue weighted by Crippen LogP contribution is 2.31. The lowest BCUT2D eigenvalue weighted by molar-refractivity contribution is -0.118. The summed E-state index contributed by atoms with van der Waals surface area (Å²) in [5.41, 5.74) is 2.97. The number of anilines is 1. The number of para-hydroxylation sites is 2. The monoisotopic (exact) mass is 391 g/mol. The second-order valence-corrected chi connectivity index (χ2v) is 6.43. The molecule has 8 nitrogen and oxygen atoms in total. The Balaban J connectivity index is 0.00000210. The van der Waals surface area contributed by atoms with Crippen molar-refractivity contribution in [1.82, 2.24) is 20.8 Å². The molecule has 1 aromatic heterocycles. The molecule has 1 fully saturated rings. The number of methoxy groups -OCH3 is 1. The Hall–Kier alpha value is -2.58. The van der Waals surface area contributed by atoms with Crippen LogP contribution in [0.3, 0.4) is 0 Å². The van der Waals surface area contributed by atoms with Crippen LogP contribution in [0, 0.1) is 0 Å². The summed E-state index contributed by atoms with van der Waals surface area (Å²) >= 11 is 0. The van der Waals surface area contributed by atoms with E-state index in [0.29, 0.717) is 31.0 Å². The van der Waals surface area contributed by atoms with Gasteiger partial charge in [-0.25, -0.2) is 0 Å². The number of aromatic amines is 1. The number of benzene rings is 1. The van der Waals surface area contributed by atoms with Crippen molar-refractivity contribution in [2.45, 2.75) is 25.4 Å². The number of hydrogen-bond donors (Lipinski definition) is 3. The maximum absolute atomic E-state index is 12.8. The number of halogens is 1. The van der Waals surface area contributed by atoms with E-state index in [2.05, 4.69) is 20.8 Å². The van der Waals surface area contributed by atoms with E-state index in [4.69, 9.17) is 4.74 Å². The van der Waals surface area contributed by atoms with E-state index < -0.39 is 6.04 Å². The molecule has 3 heterocycles. The Morgan fingerprint density at radius 1 is 1.37 bits per heavy atom. The van der Waals surface area contributed by atoms with Crippen molar-refractivity contribution < 1.29 is 14.3 Å². The molecule has 2 aliphatic heterocycles. The second kappa shape index (κ2) is 7.98. The highest BCUT2D eigenvalue weighted by Gasteiger charge is 2.36. The number of nitrogens with zero attached hydrogens (tertiary/aromatic N) is 2. The first-order chi connectivity index (χ1) is 12.7. The molecule has 1 aromatic carbocycles. The molecule has 3 N–H and O–H groups in total. The van der Waals surface area contributed by atoms with Crippen molar-refractivity contribution in [2.24, 2.45) is 0 Å². The van der Waals surface area contributed by atoms with Gasteiger partial charge < -0.3 is 20.3 Å². The van der Waals surface area contributed by atoms with E-state index in [0.717, 1.165) is 29.9 Å². The maximum Gasteiger partial charge on any atom is 0.272 e. The summed E-state index contributed by atoms with van der Waals surface area (Å²) in [6.45, 7) is 2.01. The van der Waals surface area contributed by atoms with Gasteiger partial charge in [-0.05, 0) is 18.6 Å². The Kier molecular flexibility index (Phi) is 5.67. The summed E-state index contributed by atoms with van der Waals surface area (Å²) in [6.07, 6.45) is 1.37. The largest absolute Gasteiger partial charge is 0.495 e. The van der Waals surface area contributed by atoms with Gasteiger partial charge in [0.05, 0.1) is 12.8 Å². The number of carbonyl (C=O) groups is 2. The van der Waals surface area contributed by atoms with Crippen molar-refractivity contribution in [2.75, 3.05) is 25.1 Å². The van der Waals surface area contributed by atoms with Gasteiger partial charge in [0.2, 0.25) is 5.91 Å². The fourth-order valence-corrected chi connectivity index (χ4v) is 3.55. The molecule has 144 valence electrons. The van der Waals surface area contributed by atoms with Gasteiger partial charge in [-0.3, -0.25) is 14.7 Å². The minimum atomic E-state index is -0.559. The summed E-state index contributed by atoms with van der Waals surface area (Å²) in [5.74, 6) is 0.192. The summed E-state index contributed by atoms with van der Waals surface area (Å²) in [6, 6.07) is 6.82. The lowest BCUT2D eigenvalue weighted by atomic mass is 10.1. The van der Waals surface area contributed by atoms with Crippen LogP contribution in [0.5, 0.6) is 5.75 Å². The molecule has 2 amide bonds. The van der Waals surface area contributed by atoms with Gasteiger partial charge in [-0.2, -0.15) is 5.10 Å². The SMILES string of the molecule is COc1ccccc1N1CCC(NC(=O)c2n[nH]c3c2CNCC3)C1=O.Cl. The van der Waals surface area contributed by atoms with Gasteiger partial charge >= 0.3 is 0 Å². The molecule has 4 rings (SSSR count). The third-order valence-electron chi connectivity index (χ3n) is 4.91. The molecule has 0 spiro atoms. The summed E-state index contributed by atoms with van der Waals surface area (Å²) in [4.78, 5) is 27.1. The minimum absolute atomic E-state index is 0. The van der Waals surface area contributed by atoms with Gasteiger partial charge in [0.25, 0.3) is 5.91 Å². The second-order valence-electron chi connectivity index (χ2n) is 6.43. The van der Waals surface area contributed by atoms with Gasteiger partial charge in [-0.15, -0.1) is 12.4 Å². The van der Waals surface area contributed by atoms with Crippen LogP contribution in [-0.4, -0.2) is 48.3 Å². The van der Waals surface area contributed by atoms with Crippen molar-refractivity contribution in [1.29, 1.82) is 0 Å². The first-order valence-electron chi connectivity index (χ1n) is 8.71. The number of ether oxygens (including phenoxy) is 1. The number of nitrogens with one attached hydrogen (secondary N) is 3. The highest BCUT2D eigenvalue weighted by molar-refractivity contribution is 6.04. The predicted octanol–water partition coefficient (Wildman–Crippen LogP) is 1.02. The Labute approximate surface area is 163 Å². The first-order valence-corrected chi connectivity index (χ1v) is 8.71. The molecule has 1 atom stereocenters. The zero-order chi connectivity index (χ0) is 18.1. The average molecular weight is 392 g/mol. The molecule has 0 bridgehead atoms. The first kappa shape index (κ1) is 19.2. The lowest BCUT2D eigenvalue weighted by Gasteiger charge is -2.19. The summed E-state index contributed by atoms with van der Waals surface area (Å²) < 4.78 is 5.34. The third kappa shape index (κ3) is 3.50. The Bertz CT molecular complexity index is 853. The summed E-state index contributed by atoms with van der Waals surface area (Å²) in [5, 5.41) is 13.2. The van der Waals surface area contributed by atoms with Crippen molar-refractivity contribution in [3.8, 4) is 5.75 Å². The predicted molar refractivity (Wildman–Crippen MR) is 102 cm³/mol. The van der Waals surface area contributed by atoms with E-state index in [9.17, 15) is 9.59 Å². The summed E-state index contributed by atoms with van der Waals surface area (Å²) in [7, 11) is 1.58. The van der Waals surface area contributed by atoms with Crippen LogP contribution in [-0.2, 0) is 17.8 Å². The molecule has 0 saturated carbocycles. The molecule has 2 aliphatic rings. The van der Waals surface area contributed by atoms with Crippen LogP contribution < -0.4 is 20.3 Å². The number of fused-ring (bicyclic) bond motifs is 1. The highest BCUT2D eigenvalue weighted by atomic mass is 35.5. The lowest BCUT2D eigenvalue weighted by Crippen LogP contribution is -2.42. The van der Waals surface area contributed by atoms with Crippen molar-refractivity contribution in [3.63, 3.8) is 0 Å². The zero-order valence-electron chi connectivity index (χ0n) is 14.9. The third-order valence-corrected chi connectivity index (χ3v) is 4.91. The normalized spacial score (nSPS) is 18.6. The molecule has 27 heavy (non-hydrogen) atoms. The van der Waals surface area contributed by atoms with Gasteiger partial charge in [0.15, 0.2) is 5.69 Å². The number of rotatable bonds is 4. The van der Waals surface area contributed by atoms with E-state index >= 15 is 0 Å². The number of carbonyl (C=O) groups excluding carboxylic acids is 2. The van der Waals surface area contributed by atoms with Gasteiger partial charge in [-0.1, -0.05) is 12.1 Å². The molecule has 9 heteroatoms. The number of amides is 2. The zero-order valence-corrected chi connectivity index (χ0v) is 15.8. The van der Waals surface area contributed by atoms with Crippen LogP contribution in [0.15, 0.2) is 24.3 Å². The minimum Gasteiger partial charge on any atom is -0.495 e. The molecular weight excluding hydrogens is 370 g/mol. The topological polar surface area (TPSA) is 99.3 Å². The molecular formula is C18H22ClN5O3. The van der Waals surface area contributed by atoms with E-state index in [-0.39, 0.29) is 24.2 Å². The molecule has 2 aromatic rings. The smallest absolute Gasteiger partial charge is 0.272 e. The fraction of sp³-hybridized carbons (Fsp3) is 0.389. The van der Waals surface area contributed by atoms with Gasteiger partial charge in [0, 0.05) is 37.3 Å². The van der Waals surface area contributed by atoms with Crippen LogP contribution in [0.4, 0.5) is 5.69 Å². The van der Waals surface area contributed by atoms with Crippen LogP contribution in [0.25, 0.3) is 0 Å². The number of aromatic nitrogens is 2. The maximum atomic E-state index is 12.8.